The molecule has 0 spiro atoms. The highest BCUT2D eigenvalue weighted by atomic mass is 79.9. The van der Waals surface area contributed by atoms with Crippen LogP contribution in [0.5, 0.6) is 0 Å². The number of benzene rings is 2. The lowest BCUT2D eigenvalue weighted by atomic mass is 10.3. The molecule has 0 aliphatic heterocycles. The summed E-state index contributed by atoms with van der Waals surface area (Å²) in [6.07, 6.45) is 3.03. The molecule has 0 aromatic heterocycles. The molecule has 2 aromatic rings. The summed E-state index contributed by atoms with van der Waals surface area (Å²) in [5, 5.41) is 0. The van der Waals surface area contributed by atoms with Gasteiger partial charge >= 0.3 is 0 Å². The van der Waals surface area contributed by atoms with Gasteiger partial charge in [-0.05, 0) is 74.5 Å². The molecule has 2 nitrogen and oxygen atoms in total. The van der Waals surface area contributed by atoms with Crippen molar-refractivity contribution in [3.8, 4) is 0 Å². The Morgan fingerprint density at radius 1 is 0.955 bits per heavy atom. The van der Waals surface area contributed by atoms with Crippen LogP contribution in [0.2, 0.25) is 0 Å². The summed E-state index contributed by atoms with van der Waals surface area (Å²) in [4.78, 5) is 1.16. The van der Waals surface area contributed by atoms with Crippen molar-refractivity contribution in [2.75, 3.05) is 12.5 Å². The quantitative estimate of drug-likeness (QED) is 0.438. The van der Waals surface area contributed by atoms with Gasteiger partial charge in [-0.25, -0.2) is 17.2 Å². The Bertz CT molecular complexity index is 765. The highest BCUT2D eigenvalue weighted by Gasteiger charge is 2.11. The fourth-order valence-electron chi connectivity index (χ4n) is 1.42. The van der Waals surface area contributed by atoms with E-state index in [9.17, 15) is 17.2 Å². The topological polar surface area (TPSA) is 34.1 Å². The molecular weight excluding hydrogens is 462 g/mol. The summed E-state index contributed by atoms with van der Waals surface area (Å²) in [5.41, 5.74) is 0. The fraction of sp³-hybridized carbons (Fsp3) is 0.143. The van der Waals surface area contributed by atoms with Crippen LogP contribution in [-0.2, 0) is 9.84 Å². The van der Waals surface area contributed by atoms with Gasteiger partial charge < -0.3 is 0 Å². The molecule has 0 radical (unpaired) electrons. The molecule has 0 atom stereocenters. The van der Waals surface area contributed by atoms with Gasteiger partial charge in [0.25, 0.3) is 0 Å². The Balaban J connectivity index is 0.000000224. The Kier molecular flexibility index (Phi) is 7.51. The van der Waals surface area contributed by atoms with E-state index in [1.54, 1.807) is 17.8 Å². The molecule has 2 aromatic carbocycles. The molecule has 0 amide bonds. The molecular formula is C14H12Br2F2O2S2. The van der Waals surface area contributed by atoms with Crippen LogP contribution in [0, 0.1) is 11.6 Å². The smallest absolute Gasteiger partial charge is 0.176 e. The first-order chi connectivity index (χ1) is 10.1. The number of hydrogen-bond acceptors (Lipinski definition) is 3. The first-order valence-corrected chi connectivity index (χ1v) is 10.5. The van der Waals surface area contributed by atoms with Crippen LogP contribution in [0.3, 0.4) is 0 Å². The molecule has 120 valence electrons. The van der Waals surface area contributed by atoms with Gasteiger partial charge in [-0.1, -0.05) is 0 Å². The zero-order valence-corrected chi connectivity index (χ0v) is 16.4. The number of rotatable bonds is 2. The van der Waals surface area contributed by atoms with Crippen molar-refractivity contribution < 1.29 is 17.2 Å². The van der Waals surface area contributed by atoms with E-state index in [1.807, 2.05) is 6.26 Å². The number of halogens is 4. The van der Waals surface area contributed by atoms with Gasteiger partial charge in [-0.15, -0.1) is 11.8 Å². The van der Waals surface area contributed by atoms with E-state index in [0.717, 1.165) is 27.8 Å². The molecule has 22 heavy (non-hydrogen) atoms. The van der Waals surface area contributed by atoms with Crippen LogP contribution in [-0.4, -0.2) is 20.9 Å². The Labute approximate surface area is 149 Å². The Morgan fingerprint density at radius 2 is 1.45 bits per heavy atom. The highest BCUT2D eigenvalue weighted by molar-refractivity contribution is 9.10. The van der Waals surface area contributed by atoms with Crippen molar-refractivity contribution in [3.05, 3.63) is 57.0 Å². The maximum atomic E-state index is 12.5. The van der Waals surface area contributed by atoms with Crippen molar-refractivity contribution >= 4 is 53.5 Å². The lowest BCUT2D eigenvalue weighted by molar-refractivity contribution is 0.599. The molecule has 0 saturated heterocycles. The lowest BCUT2D eigenvalue weighted by Crippen LogP contribution is -1.98. The Hall–Kier alpha value is -0.440. The van der Waals surface area contributed by atoms with Gasteiger partial charge in [-0.3, -0.25) is 0 Å². The van der Waals surface area contributed by atoms with Gasteiger partial charge in [-0.2, -0.15) is 0 Å². The van der Waals surface area contributed by atoms with Crippen molar-refractivity contribution in [3.63, 3.8) is 0 Å². The largest absolute Gasteiger partial charge is 0.224 e. The van der Waals surface area contributed by atoms with E-state index < -0.39 is 15.7 Å². The average molecular weight is 474 g/mol. The van der Waals surface area contributed by atoms with E-state index >= 15 is 0 Å². The minimum absolute atomic E-state index is 0.101. The second kappa shape index (κ2) is 8.42. The minimum Gasteiger partial charge on any atom is -0.224 e. The lowest BCUT2D eigenvalue weighted by Gasteiger charge is -2.00. The number of hydrogen-bond donors (Lipinski definition) is 0. The third kappa shape index (κ3) is 5.98. The van der Waals surface area contributed by atoms with Gasteiger partial charge in [0.1, 0.15) is 11.6 Å². The summed E-state index contributed by atoms with van der Waals surface area (Å²) >= 11 is 7.80. The molecule has 0 saturated carbocycles. The average Bonchev–Trinajstić information content (AvgIpc) is 2.37. The van der Waals surface area contributed by atoms with Gasteiger partial charge in [0.15, 0.2) is 9.84 Å². The van der Waals surface area contributed by atoms with Gasteiger partial charge in [0.2, 0.25) is 0 Å². The summed E-state index contributed by atoms with van der Waals surface area (Å²) in [5.74, 6) is -0.668. The number of thioether (sulfide) groups is 1. The zero-order chi connectivity index (χ0) is 16.9. The fourth-order valence-corrected chi connectivity index (χ4v) is 4.67. The molecule has 0 bridgehead atoms. The summed E-state index contributed by atoms with van der Waals surface area (Å²) in [6.45, 7) is 0. The monoisotopic (exact) mass is 472 g/mol. The minimum atomic E-state index is -3.26. The summed E-state index contributed by atoms with van der Waals surface area (Å²) in [7, 11) is -3.26. The third-order valence-electron chi connectivity index (χ3n) is 2.41. The first kappa shape index (κ1) is 19.6. The molecule has 2 rings (SSSR count). The van der Waals surface area contributed by atoms with E-state index in [0.29, 0.717) is 0 Å². The molecule has 0 N–H and O–H groups in total. The van der Waals surface area contributed by atoms with E-state index in [4.69, 9.17) is 0 Å². The highest BCUT2D eigenvalue weighted by Crippen LogP contribution is 2.25. The molecule has 0 fully saturated rings. The predicted molar refractivity (Wildman–Crippen MR) is 93.1 cm³/mol. The van der Waals surface area contributed by atoms with Crippen LogP contribution in [0.1, 0.15) is 0 Å². The normalized spacial score (nSPS) is 10.8. The standard InChI is InChI=1S/C7H6BrFO2S.C7H6BrFS/c1-12(10,11)7-3-2-5(9)4-6(7)8;1-10-7-3-2-5(9)4-6(7)8/h2-4H,1H3;2-4H,1H3. The van der Waals surface area contributed by atoms with Crippen molar-refractivity contribution in [1.29, 1.82) is 0 Å². The second-order valence-corrected chi connectivity index (χ2v) is 8.67. The number of sulfone groups is 1. The predicted octanol–water partition coefficient (Wildman–Crippen LogP) is 5.30. The SMILES string of the molecule is CS(=O)(=O)c1ccc(F)cc1Br.CSc1ccc(F)cc1Br. The van der Waals surface area contributed by atoms with Crippen LogP contribution in [0.15, 0.2) is 55.1 Å². The van der Waals surface area contributed by atoms with E-state index in [1.165, 1.54) is 18.2 Å². The van der Waals surface area contributed by atoms with Crippen molar-refractivity contribution in [1.82, 2.24) is 0 Å². The van der Waals surface area contributed by atoms with Crippen LogP contribution < -0.4 is 0 Å². The summed E-state index contributed by atoms with van der Waals surface area (Å²) in [6, 6.07) is 8.14. The van der Waals surface area contributed by atoms with Crippen LogP contribution >= 0.6 is 43.6 Å². The van der Waals surface area contributed by atoms with Crippen LogP contribution in [0.4, 0.5) is 8.78 Å². The maximum Gasteiger partial charge on any atom is 0.176 e. The summed E-state index contributed by atoms with van der Waals surface area (Å²) < 4.78 is 48.1. The molecule has 0 aliphatic rings. The Morgan fingerprint density at radius 3 is 1.86 bits per heavy atom. The molecule has 0 aliphatic carbocycles. The van der Waals surface area contributed by atoms with E-state index in [-0.39, 0.29) is 15.2 Å². The van der Waals surface area contributed by atoms with Crippen LogP contribution in [0.25, 0.3) is 0 Å². The maximum absolute atomic E-state index is 12.5. The van der Waals surface area contributed by atoms with Crippen molar-refractivity contribution in [2.45, 2.75) is 9.79 Å². The third-order valence-corrected chi connectivity index (χ3v) is 6.20. The molecule has 0 heterocycles. The first-order valence-electron chi connectivity index (χ1n) is 5.79. The second-order valence-electron chi connectivity index (χ2n) is 4.13. The van der Waals surface area contributed by atoms with Gasteiger partial charge in [0, 0.05) is 20.1 Å². The zero-order valence-electron chi connectivity index (χ0n) is 11.6. The molecule has 8 heteroatoms. The van der Waals surface area contributed by atoms with Crippen molar-refractivity contribution in [2.24, 2.45) is 0 Å². The van der Waals surface area contributed by atoms with Gasteiger partial charge in [0.05, 0.1) is 4.90 Å². The molecule has 0 unspecified atom stereocenters. The van der Waals surface area contributed by atoms with E-state index in [2.05, 4.69) is 31.9 Å².